The van der Waals surface area contributed by atoms with E-state index in [4.69, 9.17) is 25.9 Å². The fourth-order valence-corrected chi connectivity index (χ4v) is 8.84. The van der Waals surface area contributed by atoms with Crippen molar-refractivity contribution in [2.24, 2.45) is 0 Å². The van der Waals surface area contributed by atoms with Crippen molar-refractivity contribution in [3.8, 4) is 0 Å². The van der Waals surface area contributed by atoms with Crippen molar-refractivity contribution in [3.63, 3.8) is 0 Å². The van der Waals surface area contributed by atoms with Gasteiger partial charge in [-0.3, -0.25) is 0 Å². The summed E-state index contributed by atoms with van der Waals surface area (Å²) in [6.45, 7) is 0. The third-order valence-corrected chi connectivity index (χ3v) is 12.5. The number of hydrogen-bond acceptors (Lipinski definition) is 6. The molecule has 0 aromatic heterocycles. The van der Waals surface area contributed by atoms with Gasteiger partial charge in [-0.05, 0) is 88.4 Å². The molecule has 56 heavy (non-hydrogen) atoms. The summed E-state index contributed by atoms with van der Waals surface area (Å²) in [5.41, 5.74) is -8.45. The second-order valence-electron chi connectivity index (χ2n) is 10.1. The molecule has 0 amide bonds. The van der Waals surface area contributed by atoms with Gasteiger partial charge in [0.15, 0.2) is 20.2 Å². The van der Waals surface area contributed by atoms with Gasteiger partial charge in [-0.1, -0.05) is 121 Å². The minimum Gasteiger partial charge on any atom is -0.741 e. The third-order valence-electron chi connectivity index (χ3n) is 6.43. The number of rotatable bonds is 6. The van der Waals surface area contributed by atoms with Crippen LogP contribution in [-0.4, -0.2) is 47.9 Å². The first-order valence-electron chi connectivity index (χ1n) is 14.7. The molecule has 0 bridgehead atoms. The zero-order chi connectivity index (χ0) is 38.4. The Morgan fingerprint density at radius 3 is 0.714 bits per heavy atom. The quantitative estimate of drug-likeness (QED) is 0.0820. The van der Waals surface area contributed by atoms with Crippen LogP contribution in [0.2, 0.25) is 0 Å². The summed E-state index contributed by atoms with van der Waals surface area (Å²) < 4.78 is 118. The summed E-state index contributed by atoms with van der Waals surface area (Å²) in [7, 11) is -13.0. The van der Waals surface area contributed by atoms with E-state index < -0.39 is 47.1 Å². The Morgan fingerprint density at radius 1 is 0.411 bits per heavy atom. The Morgan fingerprint density at radius 2 is 0.571 bits per heavy atom. The molecule has 0 atom stereocenters. The maximum Gasteiger partial charge on any atom is 2.00 e. The van der Waals surface area contributed by atoms with Crippen LogP contribution in [0.25, 0.3) is 0 Å². The molecule has 0 saturated heterocycles. The molecule has 4 N–H and O–H groups in total. The average molecular weight is 1080 g/mol. The summed E-state index contributed by atoms with van der Waals surface area (Å²) in [4.78, 5) is 0. The molecule has 0 aliphatic heterocycles. The number of halogens is 6. The molecule has 2 fully saturated rings. The van der Waals surface area contributed by atoms with Gasteiger partial charge in [0, 0.05) is 11.3 Å². The molecule has 2 saturated carbocycles. The molecule has 8 nitrogen and oxygen atoms in total. The maximum absolute atomic E-state index is 10.7. The van der Waals surface area contributed by atoms with Crippen LogP contribution in [0.3, 0.4) is 0 Å². The second-order valence-corrected chi connectivity index (χ2v) is 17.3. The summed E-state index contributed by atoms with van der Waals surface area (Å²) >= 11 is 0. The van der Waals surface area contributed by atoms with E-state index in [2.05, 4.69) is 173 Å². The molecular weight excluding hydrogens is 1050 g/mol. The summed E-state index contributed by atoms with van der Waals surface area (Å²) in [5, 5.41) is 5.63. The van der Waals surface area contributed by atoms with E-state index in [0.29, 0.717) is 0 Å². The van der Waals surface area contributed by atoms with Gasteiger partial charge < -0.3 is 20.1 Å². The predicted octanol–water partition coefficient (Wildman–Crippen LogP) is 5.41. The van der Waals surface area contributed by atoms with Crippen molar-refractivity contribution < 1.29 is 101 Å². The zero-order valence-electron chi connectivity index (χ0n) is 28.3. The Kier molecular flexibility index (Phi) is 26.6. The molecular formula is C36H32F6FeO8P2PtS2+2. The van der Waals surface area contributed by atoms with Crippen molar-refractivity contribution in [1.29, 1.82) is 0 Å². The van der Waals surface area contributed by atoms with Crippen LogP contribution < -0.4 is 21.2 Å². The number of hydrogen-bond donors (Lipinski definition) is 0. The first-order valence-corrected chi connectivity index (χ1v) is 20.2. The van der Waals surface area contributed by atoms with Crippen LogP contribution >= 0.6 is 15.8 Å². The van der Waals surface area contributed by atoms with E-state index in [1.165, 1.54) is 32.5 Å². The molecule has 20 heteroatoms. The molecule has 2 aliphatic carbocycles. The van der Waals surface area contributed by atoms with Crippen LogP contribution in [-0.2, 0) is 58.4 Å². The van der Waals surface area contributed by atoms with E-state index in [1.54, 1.807) is 0 Å². The van der Waals surface area contributed by atoms with Crippen LogP contribution in [0.5, 0.6) is 0 Å². The summed E-state index contributed by atoms with van der Waals surface area (Å²) in [5.74, 6) is 0. The molecule has 2 aliphatic rings. The Bertz CT molecular complexity index is 1630. The van der Waals surface area contributed by atoms with E-state index in [0.717, 1.165) is 0 Å². The van der Waals surface area contributed by atoms with Gasteiger partial charge in [0.2, 0.25) is 0 Å². The Hall–Kier alpha value is -1.73. The molecule has 304 valence electrons. The molecule has 4 aromatic carbocycles. The first-order chi connectivity index (χ1) is 24.4. The number of benzene rings is 4. The first kappa shape index (κ1) is 56.4. The van der Waals surface area contributed by atoms with Crippen LogP contribution in [0.4, 0.5) is 26.3 Å². The van der Waals surface area contributed by atoms with E-state index in [-0.39, 0.29) is 49.1 Å². The predicted molar refractivity (Wildman–Crippen MR) is 198 cm³/mol. The molecule has 4 aromatic rings. The van der Waals surface area contributed by atoms with Gasteiger partial charge in [0.05, 0.1) is 0 Å². The smallest absolute Gasteiger partial charge is 0.741 e. The minimum absolute atomic E-state index is 0. The van der Waals surface area contributed by atoms with Gasteiger partial charge in [-0.15, -0.1) is 0 Å². The Labute approximate surface area is 351 Å². The fraction of sp³-hybridized carbons (Fsp3) is 0.0556. The molecule has 6 rings (SSSR count). The van der Waals surface area contributed by atoms with Crippen molar-refractivity contribution in [2.75, 3.05) is 0 Å². The van der Waals surface area contributed by atoms with Crippen LogP contribution in [0, 0.1) is 62.7 Å². The van der Waals surface area contributed by atoms with Gasteiger partial charge in [-0.2, -0.15) is 26.3 Å². The van der Waals surface area contributed by atoms with E-state index in [9.17, 15) is 26.3 Å². The third kappa shape index (κ3) is 18.5. The molecule has 0 spiro atoms. The Balaban J connectivity index is 0. The van der Waals surface area contributed by atoms with Crippen molar-refractivity contribution >= 4 is 57.3 Å². The molecule has 0 heterocycles. The van der Waals surface area contributed by atoms with Gasteiger partial charge >= 0.3 is 49.2 Å². The van der Waals surface area contributed by atoms with Crippen molar-refractivity contribution in [2.45, 2.75) is 11.0 Å². The number of alkyl halides is 6. The van der Waals surface area contributed by atoms with Gasteiger partial charge in [-0.25, -0.2) is 16.8 Å². The van der Waals surface area contributed by atoms with Crippen molar-refractivity contribution in [1.82, 2.24) is 0 Å². The zero-order valence-corrected chi connectivity index (χ0v) is 35.1. The van der Waals surface area contributed by atoms with E-state index >= 15 is 0 Å². The normalized spacial score (nSPS) is 14.5. The SMILES string of the molecule is O.O.O=S(=O)([O-])C(F)(F)F.O=S(=O)([O-])C(F)(F)F.[CH]1[CH][CH][C](P(c2ccccc2)c2ccccc2)[CH]1.[CH]1[CH][CH][C](P(c2ccccc2)c2ccccc2)[CH]1.[Fe+2].[Pt+2]. The van der Waals surface area contributed by atoms with Gasteiger partial charge in [0.25, 0.3) is 0 Å². The standard InChI is InChI=1S/2C17H14P.2CHF3O3S.Fe.2H2O.Pt/c2*1-3-9-15(10-4-1)18(17-13-7-8-14-17)16-11-5-2-6-12-16;2*2-1(3,4)8(5,6)7;;;;/h2*1-14H;2*(H,5,6,7);;2*1H2;/q;;;;+2;;;+2/p-2. The van der Waals surface area contributed by atoms with Crippen molar-refractivity contribution in [3.05, 3.63) is 184 Å². The largest absolute Gasteiger partial charge is 2.00 e. The van der Waals surface area contributed by atoms with Gasteiger partial charge in [0.1, 0.15) is 0 Å². The second kappa shape index (κ2) is 26.4. The summed E-state index contributed by atoms with van der Waals surface area (Å²) in [6.07, 6.45) is 17.4. The van der Waals surface area contributed by atoms with E-state index in [1.807, 2.05) is 0 Å². The topological polar surface area (TPSA) is 177 Å². The average Bonchev–Trinajstić information content (AvgIpc) is 3.82. The molecule has 0 unspecified atom stereocenters. The minimum atomic E-state index is -6.09. The molecule has 10 radical (unpaired) electrons. The van der Waals surface area contributed by atoms with Crippen LogP contribution in [0.15, 0.2) is 121 Å². The fourth-order valence-electron chi connectivity index (χ4n) is 4.23. The summed E-state index contributed by atoms with van der Waals surface area (Å²) in [6, 6.07) is 43.1. The van der Waals surface area contributed by atoms with Crippen LogP contribution in [0.1, 0.15) is 0 Å². The monoisotopic (exact) mass is 1080 g/mol. The maximum atomic E-state index is 10.7.